The molecule has 0 aliphatic heterocycles. The van der Waals surface area contributed by atoms with Crippen LogP contribution in [0.1, 0.15) is 23.6 Å². The van der Waals surface area contributed by atoms with Gasteiger partial charge in [-0.25, -0.2) is 0 Å². The predicted molar refractivity (Wildman–Crippen MR) is 130 cm³/mol. The topological polar surface area (TPSA) is 96.5 Å². The lowest BCUT2D eigenvalue weighted by Crippen LogP contribution is -2.50. The number of esters is 1. The van der Waals surface area contributed by atoms with Crippen molar-refractivity contribution in [3.8, 4) is 0 Å². The van der Waals surface area contributed by atoms with Crippen LogP contribution in [0.4, 0.5) is 0 Å². The highest BCUT2D eigenvalue weighted by molar-refractivity contribution is 5.87. The quantitative estimate of drug-likeness (QED) is 0.302. The van der Waals surface area contributed by atoms with E-state index in [1.165, 1.54) is 0 Å². The largest absolute Gasteiger partial charge is 0.465 e. The van der Waals surface area contributed by atoms with Gasteiger partial charge in [0.1, 0.15) is 6.54 Å². The summed E-state index contributed by atoms with van der Waals surface area (Å²) in [7, 11) is 0. The van der Waals surface area contributed by atoms with E-state index in [2.05, 4.69) is 16.0 Å². The van der Waals surface area contributed by atoms with Crippen LogP contribution in [0.2, 0.25) is 0 Å². The molecule has 0 aliphatic rings. The smallest absolute Gasteiger partial charge is 0.325 e. The Morgan fingerprint density at radius 1 is 0.647 bits per heavy atom. The van der Waals surface area contributed by atoms with Gasteiger partial charge in [-0.3, -0.25) is 19.7 Å². The summed E-state index contributed by atoms with van der Waals surface area (Å²) in [5.74, 6) is -1.34. The second-order valence-corrected chi connectivity index (χ2v) is 7.56. The predicted octanol–water partition coefficient (Wildman–Crippen LogP) is 2.36. The molecule has 176 valence electrons. The minimum Gasteiger partial charge on any atom is -0.465 e. The zero-order valence-corrected chi connectivity index (χ0v) is 19.1. The summed E-state index contributed by atoms with van der Waals surface area (Å²) in [6.07, 6.45) is 0. The molecule has 0 bridgehead atoms. The molecular weight excluding hydrogens is 430 g/mol. The van der Waals surface area contributed by atoms with Crippen molar-refractivity contribution in [2.75, 3.05) is 26.2 Å². The van der Waals surface area contributed by atoms with Crippen molar-refractivity contribution in [2.45, 2.75) is 12.5 Å². The number of hydrogen-bond donors (Lipinski definition) is 3. The van der Waals surface area contributed by atoms with E-state index in [9.17, 15) is 14.4 Å². The third-order valence-electron chi connectivity index (χ3n) is 5.32. The Morgan fingerprint density at radius 3 is 1.50 bits per heavy atom. The van der Waals surface area contributed by atoms with Crippen LogP contribution in [0.15, 0.2) is 91.0 Å². The second-order valence-electron chi connectivity index (χ2n) is 7.56. The summed E-state index contributed by atoms with van der Waals surface area (Å²) < 4.78 is 4.77. The number of ether oxygens (including phenoxy) is 1. The van der Waals surface area contributed by atoms with Gasteiger partial charge in [-0.05, 0) is 23.6 Å². The zero-order chi connectivity index (χ0) is 24.2. The van der Waals surface area contributed by atoms with Crippen molar-refractivity contribution in [1.82, 2.24) is 16.0 Å². The molecule has 0 saturated heterocycles. The van der Waals surface area contributed by atoms with Crippen LogP contribution in [0, 0.1) is 0 Å². The Hall–Kier alpha value is -3.97. The minimum atomic E-state index is -0.784. The third kappa shape index (κ3) is 6.30. The maximum absolute atomic E-state index is 12.7. The summed E-state index contributed by atoms with van der Waals surface area (Å²) >= 11 is 0. The van der Waals surface area contributed by atoms with Crippen molar-refractivity contribution >= 4 is 17.8 Å². The molecule has 3 aromatic carbocycles. The molecule has 0 aromatic heterocycles. The average Bonchev–Trinajstić information content (AvgIpc) is 2.89. The maximum atomic E-state index is 12.7. The fourth-order valence-corrected chi connectivity index (χ4v) is 3.77. The van der Waals surface area contributed by atoms with Crippen LogP contribution in [-0.4, -0.2) is 44.0 Å². The van der Waals surface area contributed by atoms with E-state index in [4.69, 9.17) is 4.74 Å². The first-order valence-corrected chi connectivity index (χ1v) is 11.2. The molecular formula is C27H29N3O4. The minimum absolute atomic E-state index is 0.0379. The highest BCUT2D eigenvalue weighted by atomic mass is 16.5. The average molecular weight is 460 g/mol. The van der Waals surface area contributed by atoms with Crippen LogP contribution in [0.3, 0.4) is 0 Å². The number of nitrogens with one attached hydrogen (secondary N) is 3. The summed E-state index contributed by atoms with van der Waals surface area (Å²) in [4.78, 5) is 36.0. The molecule has 7 nitrogen and oxygen atoms in total. The molecule has 0 fully saturated rings. The molecule has 0 spiro atoms. The first-order chi connectivity index (χ1) is 16.6. The number of rotatable bonds is 11. The zero-order valence-electron chi connectivity index (χ0n) is 19.1. The number of carbonyl (C=O) groups is 3. The number of hydrogen-bond acceptors (Lipinski definition) is 5. The Kier molecular flexibility index (Phi) is 8.94. The van der Waals surface area contributed by atoms with Crippen molar-refractivity contribution in [3.63, 3.8) is 0 Å². The first kappa shape index (κ1) is 24.7. The lowest BCUT2D eigenvalue weighted by Gasteiger charge is -2.37. The van der Waals surface area contributed by atoms with E-state index in [0.29, 0.717) is 0 Å². The summed E-state index contributed by atoms with van der Waals surface area (Å²) in [6.45, 7) is 1.41. The molecule has 0 saturated carbocycles. The van der Waals surface area contributed by atoms with E-state index in [-0.39, 0.29) is 32.1 Å². The van der Waals surface area contributed by atoms with E-state index >= 15 is 0 Å². The van der Waals surface area contributed by atoms with Crippen molar-refractivity contribution < 1.29 is 19.1 Å². The van der Waals surface area contributed by atoms with E-state index < -0.39 is 17.4 Å². The highest BCUT2D eigenvalue weighted by Crippen LogP contribution is 2.36. The van der Waals surface area contributed by atoms with Gasteiger partial charge < -0.3 is 15.4 Å². The lowest BCUT2D eigenvalue weighted by atomic mass is 9.77. The molecule has 3 aromatic rings. The Balaban J connectivity index is 1.77. The van der Waals surface area contributed by atoms with Crippen LogP contribution in [-0.2, 0) is 24.7 Å². The molecule has 3 N–H and O–H groups in total. The van der Waals surface area contributed by atoms with Gasteiger partial charge in [0.25, 0.3) is 0 Å². The standard InChI is InChI=1S/C27H29N3O4/c1-2-34-26(33)20-29-24(31)18-28-25(32)19-30-27(21-12-6-3-7-13-21,22-14-8-4-9-15-22)23-16-10-5-11-17-23/h3-17,30H,2,18-20H2,1H3,(H,28,32)(H,29,31). The molecule has 7 heteroatoms. The molecule has 0 atom stereocenters. The Bertz CT molecular complexity index is 976. The van der Waals surface area contributed by atoms with E-state index in [1.807, 2.05) is 91.0 Å². The number of carbonyl (C=O) groups excluding carboxylic acids is 3. The molecule has 0 unspecified atom stereocenters. The van der Waals surface area contributed by atoms with Crippen LogP contribution < -0.4 is 16.0 Å². The first-order valence-electron chi connectivity index (χ1n) is 11.2. The van der Waals surface area contributed by atoms with E-state index in [1.54, 1.807) is 6.92 Å². The Morgan fingerprint density at radius 2 is 1.06 bits per heavy atom. The third-order valence-corrected chi connectivity index (χ3v) is 5.32. The van der Waals surface area contributed by atoms with Crippen molar-refractivity contribution in [2.24, 2.45) is 0 Å². The summed E-state index contributed by atoms with van der Waals surface area (Å²) in [5, 5.41) is 8.48. The molecule has 3 rings (SSSR count). The van der Waals surface area contributed by atoms with Crippen LogP contribution >= 0.6 is 0 Å². The molecule has 0 aliphatic carbocycles. The molecule has 34 heavy (non-hydrogen) atoms. The summed E-state index contributed by atoms with van der Waals surface area (Å²) in [5.41, 5.74) is 2.15. The fraction of sp³-hybridized carbons (Fsp3) is 0.222. The lowest BCUT2D eigenvalue weighted by molar-refractivity contribution is -0.143. The highest BCUT2D eigenvalue weighted by Gasteiger charge is 2.36. The number of amides is 2. The monoisotopic (exact) mass is 459 g/mol. The normalized spacial score (nSPS) is 10.9. The van der Waals surface area contributed by atoms with Crippen LogP contribution in [0.25, 0.3) is 0 Å². The fourth-order valence-electron chi connectivity index (χ4n) is 3.77. The Labute approximate surface area is 199 Å². The van der Waals surface area contributed by atoms with Gasteiger partial charge in [-0.1, -0.05) is 91.0 Å². The molecule has 0 radical (unpaired) electrons. The van der Waals surface area contributed by atoms with Gasteiger partial charge in [0.05, 0.1) is 25.2 Å². The van der Waals surface area contributed by atoms with Crippen molar-refractivity contribution in [3.05, 3.63) is 108 Å². The van der Waals surface area contributed by atoms with Crippen molar-refractivity contribution in [1.29, 1.82) is 0 Å². The molecule has 2 amide bonds. The van der Waals surface area contributed by atoms with Gasteiger partial charge in [0, 0.05) is 0 Å². The van der Waals surface area contributed by atoms with Crippen LogP contribution in [0.5, 0.6) is 0 Å². The van der Waals surface area contributed by atoms with Gasteiger partial charge >= 0.3 is 5.97 Å². The SMILES string of the molecule is CCOC(=O)CNC(=O)CNC(=O)CNC(c1ccccc1)(c1ccccc1)c1ccccc1. The van der Waals surface area contributed by atoms with Gasteiger partial charge in [-0.2, -0.15) is 0 Å². The van der Waals surface area contributed by atoms with Gasteiger partial charge in [-0.15, -0.1) is 0 Å². The second kappa shape index (κ2) is 12.3. The maximum Gasteiger partial charge on any atom is 0.325 e. The summed E-state index contributed by atoms with van der Waals surface area (Å²) in [6, 6.07) is 29.8. The molecule has 0 heterocycles. The number of benzene rings is 3. The van der Waals surface area contributed by atoms with E-state index in [0.717, 1.165) is 16.7 Å². The van der Waals surface area contributed by atoms with Gasteiger partial charge in [0.15, 0.2) is 0 Å². The van der Waals surface area contributed by atoms with Gasteiger partial charge in [0.2, 0.25) is 11.8 Å².